The molecule has 1 aromatic rings. The average Bonchev–Trinajstić information content (AvgIpc) is 2.73. The lowest BCUT2D eigenvalue weighted by molar-refractivity contribution is 0.167. The van der Waals surface area contributed by atoms with Gasteiger partial charge in [0, 0.05) is 24.0 Å². The molecule has 16 heavy (non-hydrogen) atoms. The fourth-order valence-corrected chi connectivity index (χ4v) is 3.11. The van der Waals surface area contributed by atoms with Gasteiger partial charge in [-0.1, -0.05) is 6.92 Å². The van der Waals surface area contributed by atoms with Crippen molar-refractivity contribution in [3.8, 4) is 0 Å². The topological polar surface area (TPSA) is 28.2 Å². The van der Waals surface area contributed by atoms with Crippen LogP contribution >= 0.6 is 11.3 Å². The van der Waals surface area contributed by atoms with Crippen molar-refractivity contribution < 1.29 is 0 Å². The van der Waals surface area contributed by atoms with E-state index in [1.54, 1.807) is 11.3 Å². The van der Waals surface area contributed by atoms with Crippen molar-refractivity contribution in [3.05, 3.63) is 16.1 Å². The molecule has 1 saturated heterocycles. The van der Waals surface area contributed by atoms with E-state index in [4.69, 9.17) is 0 Å². The first-order chi connectivity index (χ1) is 7.81. The molecule has 2 rings (SSSR count). The summed E-state index contributed by atoms with van der Waals surface area (Å²) >= 11 is 1.78. The number of hydrogen-bond acceptors (Lipinski definition) is 4. The van der Waals surface area contributed by atoms with Crippen molar-refractivity contribution >= 4 is 11.3 Å². The zero-order valence-electron chi connectivity index (χ0n) is 10.2. The standard InChI is InChI=1S/C12H21N3S/c1-3-15(11-5-4-6-13-7-11)8-12-10(2)14-9-16-12/h9,11,13H,3-8H2,1-2H3. The molecular formula is C12H21N3S. The molecule has 0 radical (unpaired) electrons. The van der Waals surface area contributed by atoms with Gasteiger partial charge in [0.1, 0.15) is 0 Å². The van der Waals surface area contributed by atoms with E-state index >= 15 is 0 Å². The van der Waals surface area contributed by atoms with E-state index in [1.807, 2.05) is 5.51 Å². The number of rotatable bonds is 4. The van der Waals surface area contributed by atoms with E-state index < -0.39 is 0 Å². The molecule has 0 aliphatic carbocycles. The Bertz CT molecular complexity index is 318. The molecule has 1 aliphatic rings. The van der Waals surface area contributed by atoms with E-state index in [9.17, 15) is 0 Å². The van der Waals surface area contributed by atoms with Crippen LogP contribution in [0.25, 0.3) is 0 Å². The highest BCUT2D eigenvalue weighted by Crippen LogP contribution is 2.18. The summed E-state index contributed by atoms with van der Waals surface area (Å²) in [7, 11) is 0. The lowest BCUT2D eigenvalue weighted by atomic mass is 10.1. The summed E-state index contributed by atoms with van der Waals surface area (Å²) < 4.78 is 0. The van der Waals surface area contributed by atoms with Crippen LogP contribution in [0.1, 0.15) is 30.3 Å². The first-order valence-electron chi connectivity index (χ1n) is 6.15. The van der Waals surface area contributed by atoms with Gasteiger partial charge in [0.2, 0.25) is 0 Å². The van der Waals surface area contributed by atoms with Crippen LogP contribution in [0, 0.1) is 6.92 Å². The molecule has 0 amide bonds. The third-order valence-corrected chi connectivity index (χ3v) is 4.30. The SMILES string of the molecule is CCN(Cc1scnc1C)C1CCCNC1. The van der Waals surface area contributed by atoms with Gasteiger partial charge in [-0.25, -0.2) is 4.98 Å². The quantitative estimate of drug-likeness (QED) is 0.871. The summed E-state index contributed by atoms with van der Waals surface area (Å²) in [6, 6.07) is 0.709. The smallest absolute Gasteiger partial charge is 0.0798 e. The zero-order chi connectivity index (χ0) is 11.4. The lowest BCUT2D eigenvalue weighted by Gasteiger charge is -2.33. The van der Waals surface area contributed by atoms with Crippen LogP contribution in [-0.4, -0.2) is 35.6 Å². The Morgan fingerprint density at radius 1 is 1.62 bits per heavy atom. The Balaban J connectivity index is 1.97. The molecule has 90 valence electrons. The van der Waals surface area contributed by atoms with Crippen molar-refractivity contribution in [1.29, 1.82) is 0 Å². The second kappa shape index (κ2) is 5.75. The summed E-state index contributed by atoms with van der Waals surface area (Å²) in [5, 5.41) is 3.49. The Morgan fingerprint density at radius 2 is 2.50 bits per heavy atom. The van der Waals surface area contributed by atoms with Crippen molar-refractivity contribution in [1.82, 2.24) is 15.2 Å². The lowest BCUT2D eigenvalue weighted by Crippen LogP contribution is -2.45. The third kappa shape index (κ3) is 2.81. The molecule has 0 bridgehead atoms. The molecule has 1 aliphatic heterocycles. The van der Waals surface area contributed by atoms with E-state index in [1.165, 1.54) is 30.0 Å². The van der Waals surface area contributed by atoms with Gasteiger partial charge in [-0.2, -0.15) is 0 Å². The molecule has 1 atom stereocenters. The van der Waals surface area contributed by atoms with E-state index in [0.717, 1.165) is 19.6 Å². The van der Waals surface area contributed by atoms with Crippen LogP contribution < -0.4 is 5.32 Å². The van der Waals surface area contributed by atoms with Crippen LogP contribution in [-0.2, 0) is 6.54 Å². The number of nitrogens with zero attached hydrogens (tertiary/aromatic N) is 2. The molecule has 1 aromatic heterocycles. The van der Waals surface area contributed by atoms with Gasteiger partial charge in [0.15, 0.2) is 0 Å². The molecule has 4 heteroatoms. The van der Waals surface area contributed by atoms with Gasteiger partial charge >= 0.3 is 0 Å². The number of aryl methyl sites for hydroxylation is 1. The van der Waals surface area contributed by atoms with Gasteiger partial charge in [-0.15, -0.1) is 11.3 Å². The maximum absolute atomic E-state index is 4.33. The Labute approximate surface area is 102 Å². The predicted molar refractivity (Wildman–Crippen MR) is 68.8 cm³/mol. The molecule has 3 nitrogen and oxygen atoms in total. The second-order valence-electron chi connectivity index (χ2n) is 4.42. The first-order valence-corrected chi connectivity index (χ1v) is 7.03. The van der Waals surface area contributed by atoms with Crippen LogP contribution in [0.5, 0.6) is 0 Å². The summed E-state index contributed by atoms with van der Waals surface area (Å²) in [6.45, 7) is 8.89. The molecule has 0 aromatic carbocycles. The van der Waals surface area contributed by atoms with Crippen molar-refractivity contribution in [3.63, 3.8) is 0 Å². The summed E-state index contributed by atoms with van der Waals surface area (Å²) in [6.07, 6.45) is 2.64. The minimum absolute atomic E-state index is 0.709. The van der Waals surface area contributed by atoms with Crippen LogP contribution in [0.3, 0.4) is 0 Å². The molecule has 1 N–H and O–H groups in total. The number of hydrogen-bond donors (Lipinski definition) is 1. The first kappa shape index (κ1) is 12.0. The highest BCUT2D eigenvalue weighted by molar-refractivity contribution is 7.09. The molecular weight excluding hydrogens is 218 g/mol. The van der Waals surface area contributed by atoms with E-state index in [2.05, 4.69) is 29.0 Å². The number of thiazole rings is 1. The van der Waals surface area contributed by atoms with Gasteiger partial charge in [0.05, 0.1) is 11.2 Å². The predicted octanol–water partition coefficient (Wildman–Crippen LogP) is 2.03. The van der Waals surface area contributed by atoms with Gasteiger partial charge in [-0.05, 0) is 32.9 Å². The Kier molecular flexibility index (Phi) is 4.32. The highest BCUT2D eigenvalue weighted by Gasteiger charge is 2.20. The van der Waals surface area contributed by atoms with E-state index in [-0.39, 0.29) is 0 Å². The van der Waals surface area contributed by atoms with Crippen LogP contribution in [0.15, 0.2) is 5.51 Å². The average molecular weight is 239 g/mol. The zero-order valence-corrected chi connectivity index (χ0v) is 11.0. The number of piperidine rings is 1. The number of nitrogens with one attached hydrogen (secondary N) is 1. The number of likely N-dealkylation sites (N-methyl/N-ethyl adjacent to an activating group) is 1. The van der Waals surface area contributed by atoms with Crippen LogP contribution in [0.2, 0.25) is 0 Å². The fraction of sp³-hybridized carbons (Fsp3) is 0.750. The normalized spacial score (nSPS) is 21.6. The van der Waals surface area contributed by atoms with Crippen molar-refractivity contribution in [2.45, 2.75) is 39.3 Å². The second-order valence-corrected chi connectivity index (χ2v) is 5.36. The summed E-state index contributed by atoms with van der Waals surface area (Å²) in [5.41, 5.74) is 3.16. The van der Waals surface area contributed by atoms with Crippen molar-refractivity contribution in [2.75, 3.05) is 19.6 Å². The van der Waals surface area contributed by atoms with Crippen molar-refractivity contribution in [2.24, 2.45) is 0 Å². The molecule has 1 unspecified atom stereocenters. The maximum atomic E-state index is 4.33. The third-order valence-electron chi connectivity index (χ3n) is 3.38. The fourth-order valence-electron chi connectivity index (χ4n) is 2.31. The Morgan fingerprint density at radius 3 is 3.06 bits per heavy atom. The van der Waals surface area contributed by atoms with Gasteiger partial charge < -0.3 is 5.32 Å². The summed E-state index contributed by atoms with van der Waals surface area (Å²) in [4.78, 5) is 8.32. The molecule has 0 spiro atoms. The number of aromatic nitrogens is 1. The monoisotopic (exact) mass is 239 g/mol. The van der Waals surface area contributed by atoms with Gasteiger partial charge in [0.25, 0.3) is 0 Å². The minimum Gasteiger partial charge on any atom is -0.315 e. The maximum Gasteiger partial charge on any atom is 0.0798 e. The molecule has 2 heterocycles. The van der Waals surface area contributed by atoms with E-state index in [0.29, 0.717) is 6.04 Å². The summed E-state index contributed by atoms with van der Waals surface area (Å²) in [5.74, 6) is 0. The molecule has 1 fully saturated rings. The van der Waals surface area contributed by atoms with Gasteiger partial charge in [-0.3, -0.25) is 4.90 Å². The molecule has 0 saturated carbocycles. The minimum atomic E-state index is 0.709. The highest BCUT2D eigenvalue weighted by atomic mass is 32.1. The van der Waals surface area contributed by atoms with Crippen LogP contribution in [0.4, 0.5) is 0 Å². The Hall–Kier alpha value is -0.450. The largest absolute Gasteiger partial charge is 0.315 e.